The third kappa shape index (κ3) is 3.82. The molecule has 2 aromatic rings. The van der Waals surface area contributed by atoms with Crippen LogP contribution in [0, 0.1) is 6.92 Å². The molecule has 0 bridgehead atoms. The van der Waals surface area contributed by atoms with Gasteiger partial charge in [0.05, 0.1) is 7.11 Å². The number of rotatable bonds is 5. The Hall–Kier alpha value is -2.35. The van der Waals surface area contributed by atoms with Crippen LogP contribution in [0.2, 0.25) is 0 Å². The Balaban J connectivity index is 2.12. The van der Waals surface area contributed by atoms with Gasteiger partial charge in [-0.05, 0) is 54.3 Å². The van der Waals surface area contributed by atoms with Crippen LogP contribution < -0.4 is 4.74 Å². The van der Waals surface area contributed by atoms with Gasteiger partial charge in [0.2, 0.25) is 0 Å². The molecule has 0 unspecified atom stereocenters. The quantitative estimate of drug-likeness (QED) is 0.597. The molecule has 2 nitrogen and oxygen atoms in total. The summed E-state index contributed by atoms with van der Waals surface area (Å²) < 4.78 is 5.20. The molecule has 0 spiro atoms. The molecule has 0 saturated carbocycles. The summed E-state index contributed by atoms with van der Waals surface area (Å²) in [6.45, 7) is 4.06. The molecule has 0 atom stereocenters. The Bertz CT molecular complexity index is 652. The van der Waals surface area contributed by atoms with E-state index in [1.807, 2.05) is 37.3 Å². The molecule has 0 saturated heterocycles. The predicted octanol–water partition coefficient (Wildman–Crippen LogP) is 4.46. The van der Waals surface area contributed by atoms with Crippen molar-refractivity contribution in [3.05, 3.63) is 70.8 Å². The van der Waals surface area contributed by atoms with Gasteiger partial charge in [-0.1, -0.05) is 37.3 Å². The van der Waals surface area contributed by atoms with Crippen LogP contribution in [0.3, 0.4) is 0 Å². The lowest BCUT2D eigenvalue weighted by atomic mass is 10.1. The van der Waals surface area contributed by atoms with Crippen molar-refractivity contribution in [3.8, 4) is 5.75 Å². The Morgan fingerprint density at radius 3 is 2.43 bits per heavy atom. The van der Waals surface area contributed by atoms with E-state index in [0.29, 0.717) is 5.56 Å². The van der Waals surface area contributed by atoms with Gasteiger partial charge in [-0.2, -0.15) is 0 Å². The number of aryl methyl sites for hydroxylation is 2. The number of carbonyl (C=O) groups excluding carboxylic acids is 1. The Morgan fingerprint density at radius 2 is 1.86 bits per heavy atom. The second-order valence-corrected chi connectivity index (χ2v) is 4.98. The van der Waals surface area contributed by atoms with Crippen molar-refractivity contribution in [3.63, 3.8) is 0 Å². The molecule has 0 aliphatic carbocycles. The predicted molar refractivity (Wildman–Crippen MR) is 86.9 cm³/mol. The molecule has 0 radical (unpaired) electrons. The van der Waals surface area contributed by atoms with E-state index in [-0.39, 0.29) is 5.78 Å². The van der Waals surface area contributed by atoms with Crippen molar-refractivity contribution in [2.75, 3.05) is 7.11 Å². The van der Waals surface area contributed by atoms with Crippen LogP contribution in [0.1, 0.15) is 34.0 Å². The SMILES string of the molecule is CCc1ccc(/C=C/C(=O)c2ccc(OC)c(C)c2)cc1. The summed E-state index contributed by atoms with van der Waals surface area (Å²) in [5.41, 5.74) is 3.97. The molecule has 0 aliphatic rings. The highest BCUT2D eigenvalue weighted by molar-refractivity contribution is 6.07. The Morgan fingerprint density at radius 1 is 1.14 bits per heavy atom. The second-order valence-electron chi connectivity index (χ2n) is 4.98. The summed E-state index contributed by atoms with van der Waals surface area (Å²) in [6, 6.07) is 13.7. The first-order valence-corrected chi connectivity index (χ1v) is 7.10. The van der Waals surface area contributed by atoms with Gasteiger partial charge in [0, 0.05) is 5.56 Å². The first-order valence-electron chi connectivity index (χ1n) is 7.10. The first-order chi connectivity index (χ1) is 10.1. The smallest absolute Gasteiger partial charge is 0.185 e. The van der Waals surface area contributed by atoms with Crippen molar-refractivity contribution in [2.24, 2.45) is 0 Å². The van der Waals surface area contributed by atoms with Gasteiger partial charge >= 0.3 is 0 Å². The number of hydrogen-bond donors (Lipinski definition) is 0. The standard InChI is InChI=1S/C19H20O2/c1-4-15-5-7-16(8-6-15)9-11-18(20)17-10-12-19(21-3)14(2)13-17/h5-13H,4H2,1-3H3/b11-9+. The van der Waals surface area contributed by atoms with E-state index in [0.717, 1.165) is 23.3 Å². The van der Waals surface area contributed by atoms with Crippen LogP contribution >= 0.6 is 0 Å². The van der Waals surface area contributed by atoms with E-state index < -0.39 is 0 Å². The minimum absolute atomic E-state index is 0.000297. The van der Waals surface area contributed by atoms with E-state index in [1.165, 1.54) is 5.56 Å². The van der Waals surface area contributed by atoms with Crippen LogP contribution in [0.5, 0.6) is 5.75 Å². The second kappa shape index (κ2) is 6.89. The third-order valence-corrected chi connectivity index (χ3v) is 3.49. The zero-order valence-electron chi connectivity index (χ0n) is 12.7. The minimum atomic E-state index is 0.000297. The largest absolute Gasteiger partial charge is 0.496 e. The number of methoxy groups -OCH3 is 1. The summed E-state index contributed by atoms with van der Waals surface area (Å²) >= 11 is 0. The highest BCUT2D eigenvalue weighted by atomic mass is 16.5. The van der Waals surface area contributed by atoms with Crippen LogP contribution in [-0.4, -0.2) is 12.9 Å². The van der Waals surface area contributed by atoms with Gasteiger partial charge in [0.1, 0.15) is 5.75 Å². The zero-order valence-corrected chi connectivity index (χ0v) is 12.7. The molecule has 0 N–H and O–H groups in total. The van der Waals surface area contributed by atoms with Crippen LogP contribution in [0.25, 0.3) is 6.08 Å². The topological polar surface area (TPSA) is 26.3 Å². The van der Waals surface area contributed by atoms with Crippen LogP contribution in [-0.2, 0) is 6.42 Å². The Kier molecular flexibility index (Phi) is 4.94. The molecule has 0 amide bonds. The maximum absolute atomic E-state index is 12.2. The zero-order chi connectivity index (χ0) is 15.2. The number of allylic oxidation sites excluding steroid dienone is 1. The van der Waals surface area contributed by atoms with Gasteiger partial charge < -0.3 is 4.74 Å². The monoisotopic (exact) mass is 280 g/mol. The van der Waals surface area contributed by atoms with Crippen molar-refractivity contribution in [1.29, 1.82) is 0 Å². The molecule has 2 heteroatoms. The van der Waals surface area contributed by atoms with Gasteiger partial charge in [-0.3, -0.25) is 4.79 Å². The molecule has 2 aromatic carbocycles. The van der Waals surface area contributed by atoms with E-state index in [4.69, 9.17) is 4.74 Å². The molecule has 108 valence electrons. The molecule has 0 heterocycles. The lowest BCUT2D eigenvalue weighted by molar-refractivity contribution is 0.104. The highest BCUT2D eigenvalue weighted by Crippen LogP contribution is 2.19. The summed E-state index contributed by atoms with van der Waals surface area (Å²) in [5, 5.41) is 0. The third-order valence-electron chi connectivity index (χ3n) is 3.49. The normalized spacial score (nSPS) is 10.8. The molecule has 0 aromatic heterocycles. The van der Waals surface area contributed by atoms with Gasteiger partial charge in [0.15, 0.2) is 5.78 Å². The summed E-state index contributed by atoms with van der Waals surface area (Å²) in [6.07, 6.45) is 4.48. The summed E-state index contributed by atoms with van der Waals surface area (Å²) in [4.78, 5) is 12.2. The number of ether oxygens (including phenoxy) is 1. The fourth-order valence-corrected chi connectivity index (χ4v) is 2.16. The maximum Gasteiger partial charge on any atom is 0.185 e. The molecular formula is C19H20O2. The molecule has 0 aliphatic heterocycles. The average Bonchev–Trinajstić information content (AvgIpc) is 2.53. The van der Waals surface area contributed by atoms with E-state index in [9.17, 15) is 4.79 Å². The van der Waals surface area contributed by atoms with Crippen LogP contribution in [0.15, 0.2) is 48.5 Å². The average molecular weight is 280 g/mol. The van der Waals surface area contributed by atoms with E-state index in [2.05, 4.69) is 19.1 Å². The maximum atomic E-state index is 12.2. The van der Waals surface area contributed by atoms with E-state index >= 15 is 0 Å². The molecule has 2 rings (SSSR count). The van der Waals surface area contributed by atoms with Crippen molar-refractivity contribution >= 4 is 11.9 Å². The highest BCUT2D eigenvalue weighted by Gasteiger charge is 2.05. The number of hydrogen-bond acceptors (Lipinski definition) is 2. The van der Waals surface area contributed by atoms with Gasteiger partial charge in [0.25, 0.3) is 0 Å². The van der Waals surface area contributed by atoms with Gasteiger partial charge in [-0.15, -0.1) is 0 Å². The van der Waals surface area contributed by atoms with Gasteiger partial charge in [-0.25, -0.2) is 0 Å². The van der Waals surface area contributed by atoms with Crippen molar-refractivity contribution in [2.45, 2.75) is 20.3 Å². The fourth-order valence-electron chi connectivity index (χ4n) is 2.16. The first kappa shape index (κ1) is 15.0. The summed E-state index contributed by atoms with van der Waals surface area (Å²) in [7, 11) is 1.63. The fraction of sp³-hybridized carbons (Fsp3) is 0.211. The summed E-state index contributed by atoms with van der Waals surface area (Å²) in [5.74, 6) is 0.797. The minimum Gasteiger partial charge on any atom is -0.496 e. The lowest BCUT2D eigenvalue weighted by Crippen LogP contribution is -1.96. The van der Waals surface area contributed by atoms with Crippen molar-refractivity contribution in [1.82, 2.24) is 0 Å². The molecular weight excluding hydrogens is 260 g/mol. The van der Waals surface area contributed by atoms with Crippen molar-refractivity contribution < 1.29 is 9.53 Å². The number of carbonyl (C=O) groups is 1. The van der Waals surface area contributed by atoms with Crippen LogP contribution in [0.4, 0.5) is 0 Å². The Labute approximate surface area is 126 Å². The number of benzene rings is 2. The van der Waals surface area contributed by atoms with E-state index in [1.54, 1.807) is 19.3 Å². The lowest BCUT2D eigenvalue weighted by Gasteiger charge is -2.05. The molecule has 21 heavy (non-hydrogen) atoms. The number of ketones is 1. The molecule has 0 fully saturated rings.